The predicted octanol–water partition coefficient (Wildman–Crippen LogP) is 2.10. The van der Waals surface area contributed by atoms with Crippen LogP contribution in [-0.4, -0.2) is 38.0 Å². The van der Waals surface area contributed by atoms with E-state index in [1.807, 2.05) is 23.9 Å². The monoisotopic (exact) mass is 350 g/mol. The maximum absolute atomic E-state index is 9.18. The van der Waals surface area contributed by atoms with E-state index in [0.717, 1.165) is 22.2 Å². The molecule has 2 aromatic rings. The van der Waals surface area contributed by atoms with Crippen LogP contribution in [0.1, 0.15) is 32.0 Å². The molecule has 0 fully saturated rings. The number of thioether (sulfide) groups is 1. The Morgan fingerprint density at radius 2 is 2.08 bits per heavy atom. The lowest BCUT2D eigenvalue weighted by Gasteiger charge is -2.19. The minimum atomic E-state index is -0.123. The number of rotatable bonds is 7. The summed E-state index contributed by atoms with van der Waals surface area (Å²) >= 11 is 1.55. The molecule has 0 saturated carbocycles. The summed E-state index contributed by atoms with van der Waals surface area (Å²) < 4.78 is 7.65. The Morgan fingerprint density at radius 1 is 1.33 bits per heavy atom. The van der Waals surface area contributed by atoms with E-state index in [1.54, 1.807) is 24.2 Å². The third kappa shape index (κ3) is 4.96. The number of aliphatic hydroxyl groups excluding tert-OH is 1. The summed E-state index contributed by atoms with van der Waals surface area (Å²) in [5.74, 6) is 1.42. The van der Waals surface area contributed by atoms with Crippen molar-refractivity contribution in [2.45, 2.75) is 44.0 Å². The van der Waals surface area contributed by atoms with Gasteiger partial charge in [-0.15, -0.1) is 0 Å². The summed E-state index contributed by atoms with van der Waals surface area (Å²) in [6, 6.07) is 1.89. The Balaban J connectivity index is 1.85. The van der Waals surface area contributed by atoms with Gasteiger partial charge in [-0.2, -0.15) is 0 Å². The van der Waals surface area contributed by atoms with Gasteiger partial charge in [0.05, 0.1) is 24.7 Å². The molecule has 0 amide bonds. The van der Waals surface area contributed by atoms with Gasteiger partial charge in [0, 0.05) is 25.0 Å². The smallest absolute Gasteiger partial charge is 0.168 e. The van der Waals surface area contributed by atoms with Crippen LogP contribution in [0.3, 0.4) is 0 Å². The Hall–Kier alpha value is -1.57. The van der Waals surface area contributed by atoms with Crippen molar-refractivity contribution in [3.8, 4) is 5.75 Å². The van der Waals surface area contributed by atoms with Crippen molar-refractivity contribution >= 4 is 11.8 Å². The first-order valence-electron chi connectivity index (χ1n) is 7.89. The number of hydrogen-bond acceptors (Lipinski definition) is 6. The molecule has 7 heteroatoms. The lowest BCUT2D eigenvalue weighted by molar-refractivity contribution is 0.271. The van der Waals surface area contributed by atoms with E-state index in [2.05, 4.69) is 30.7 Å². The third-order valence-electron chi connectivity index (χ3n) is 3.67. The van der Waals surface area contributed by atoms with Crippen molar-refractivity contribution in [3.05, 3.63) is 35.9 Å². The molecule has 0 bridgehead atoms. The standard InChI is InChI=1S/C17H26N4O2S/c1-17(2,3)12-5-15(8-19-6-12)23-10-13(18)11-24-16-20-7-14(9-22)21(16)4/h5-8,13,22H,9-11,18H2,1-4H3/t13-/m1/s1. The van der Waals surface area contributed by atoms with Gasteiger partial charge in [-0.1, -0.05) is 32.5 Å². The van der Waals surface area contributed by atoms with Gasteiger partial charge in [0.25, 0.3) is 0 Å². The molecule has 2 rings (SSSR count). The van der Waals surface area contributed by atoms with Gasteiger partial charge < -0.3 is 20.1 Å². The highest BCUT2D eigenvalue weighted by Gasteiger charge is 2.15. The van der Waals surface area contributed by atoms with E-state index in [4.69, 9.17) is 10.5 Å². The van der Waals surface area contributed by atoms with Gasteiger partial charge in [-0.3, -0.25) is 4.98 Å². The van der Waals surface area contributed by atoms with Crippen LogP contribution < -0.4 is 10.5 Å². The average molecular weight is 350 g/mol. The van der Waals surface area contributed by atoms with Crippen molar-refractivity contribution < 1.29 is 9.84 Å². The van der Waals surface area contributed by atoms with Crippen molar-refractivity contribution in [1.82, 2.24) is 14.5 Å². The zero-order valence-electron chi connectivity index (χ0n) is 14.7. The van der Waals surface area contributed by atoms with Gasteiger partial charge in [-0.25, -0.2) is 4.98 Å². The quantitative estimate of drug-likeness (QED) is 0.744. The first-order chi connectivity index (χ1) is 11.3. The van der Waals surface area contributed by atoms with Crippen LogP contribution in [0, 0.1) is 0 Å². The number of hydrogen-bond donors (Lipinski definition) is 2. The number of pyridine rings is 1. The topological polar surface area (TPSA) is 86.2 Å². The summed E-state index contributed by atoms with van der Waals surface area (Å²) in [5, 5.41) is 10.0. The highest BCUT2D eigenvalue weighted by molar-refractivity contribution is 7.99. The van der Waals surface area contributed by atoms with Crippen LogP contribution >= 0.6 is 11.8 Å². The van der Waals surface area contributed by atoms with Gasteiger partial charge in [0.2, 0.25) is 0 Å². The molecule has 132 valence electrons. The molecule has 0 aliphatic carbocycles. The fourth-order valence-electron chi connectivity index (χ4n) is 2.05. The molecule has 0 saturated heterocycles. The maximum atomic E-state index is 9.18. The van der Waals surface area contributed by atoms with E-state index in [9.17, 15) is 5.11 Å². The first kappa shape index (κ1) is 18.8. The van der Waals surface area contributed by atoms with E-state index in [-0.39, 0.29) is 18.1 Å². The van der Waals surface area contributed by atoms with Crippen LogP contribution in [0.15, 0.2) is 29.8 Å². The summed E-state index contributed by atoms with van der Waals surface area (Å²) in [6.45, 7) is 6.83. The molecule has 24 heavy (non-hydrogen) atoms. The molecule has 0 aliphatic heterocycles. The number of imidazole rings is 1. The van der Waals surface area contributed by atoms with Crippen molar-refractivity contribution in [3.63, 3.8) is 0 Å². The Kier molecular flexibility index (Phi) is 6.26. The lowest BCUT2D eigenvalue weighted by atomic mass is 9.88. The SMILES string of the molecule is Cn1c(CO)cnc1SC[C@H](N)COc1cncc(C(C)(C)C)c1. The number of nitrogens with zero attached hydrogens (tertiary/aromatic N) is 3. The van der Waals surface area contributed by atoms with Crippen LogP contribution in [0.25, 0.3) is 0 Å². The fraction of sp³-hybridized carbons (Fsp3) is 0.529. The van der Waals surface area contributed by atoms with Crippen molar-refractivity contribution in [1.29, 1.82) is 0 Å². The van der Waals surface area contributed by atoms with E-state index in [1.165, 1.54) is 0 Å². The maximum Gasteiger partial charge on any atom is 0.168 e. The number of aromatic nitrogens is 3. The molecule has 0 radical (unpaired) electrons. The van der Waals surface area contributed by atoms with Crippen LogP contribution in [0.4, 0.5) is 0 Å². The largest absolute Gasteiger partial charge is 0.490 e. The summed E-state index contributed by atoms with van der Waals surface area (Å²) in [4.78, 5) is 8.51. The summed E-state index contributed by atoms with van der Waals surface area (Å²) in [7, 11) is 1.88. The van der Waals surface area contributed by atoms with Crippen molar-refractivity contribution in [2.75, 3.05) is 12.4 Å². The molecule has 0 aliphatic rings. The third-order valence-corrected chi connectivity index (χ3v) is 4.91. The van der Waals surface area contributed by atoms with Gasteiger partial charge in [0.1, 0.15) is 12.4 Å². The van der Waals surface area contributed by atoms with E-state index < -0.39 is 0 Å². The molecule has 0 spiro atoms. The molecule has 0 unspecified atom stereocenters. The minimum Gasteiger partial charge on any atom is -0.490 e. The number of nitrogens with two attached hydrogens (primary N) is 1. The normalized spacial score (nSPS) is 13.1. The van der Waals surface area contributed by atoms with E-state index >= 15 is 0 Å². The van der Waals surface area contributed by atoms with Crippen LogP contribution in [-0.2, 0) is 19.1 Å². The Bertz CT molecular complexity index is 667. The number of ether oxygens (including phenoxy) is 1. The average Bonchev–Trinajstić information content (AvgIpc) is 2.90. The van der Waals surface area contributed by atoms with Crippen LogP contribution in [0.5, 0.6) is 5.75 Å². The molecular formula is C17H26N4O2S. The second-order valence-corrected chi connectivity index (χ2v) is 7.78. The van der Waals surface area contributed by atoms with Crippen molar-refractivity contribution in [2.24, 2.45) is 12.8 Å². The molecule has 2 heterocycles. The molecule has 2 aromatic heterocycles. The zero-order chi connectivity index (χ0) is 17.7. The second-order valence-electron chi connectivity index (χ2n) is 6.79. The number of aliphatic hydroxyl groups is 1. The van der Waals surface area contributed by atoms with Crippen LogP contribution in [0.2, 0.25) is 0 Å². The predicted molar refractivity (Wildman–Crippen MR) is 96.3 cm³/mol. The molecule has 6 nitrogen and oxygen atoms in total. The molecule has 0 aromatic carbocycles. The Labute approximate surface area is 147 Å². The highest BCUT2D eigenvalue weighted by atomic mass is 32.2. The lowest BCUT2D eigenvalue weighted by Crippen LogP contribution is -2.30. The first-order valence-corrected chi connectivity index (χ1v) is 8.88. The Morgan fingerprint density at radius 3 is 2.71 bits per heavy atom. The van der Waals surface area contributed by atoms with Gasteiger partial charge >= 0.3 is 0 Å². The molecule has 1 atom stereocenters. The zero-order valence-corrected chi connectivity index (χ0v) is 15.5. The molecule has 3 N–H and O–H groups in total. The summed E-state index contributed by atoms with van der Waals surface area (Å²) in [6.07, 6.45) is 5.25. The van der Waals surface area contributed by atoms with E-state index in [0.29, 0.717) is 12.4 Å². The van der Waals surface area contributed by atoms with Gasteiger partial charge in [0.15, 0.2) is 5.16 Å². The van der Waals surface area contributed by atoms with Gasteiger partial charge in [-0.05, 0) is 17.0 Å². The summed E-state index contributed by atoms with van der Waals surface area (Å²) in [5.41, 5.74) is 8.08. The second kappa shape index (κ2) is 8.00. The highest BCUT2D eigenvalue weighted by Crippen LogP contribution is 2.24. The molecular weight excluding hydrogens is 324 g/mol. The minimum absolute atomic E-state index is 0.0175. The fourth-order valence-corrected chi connectivity index (χ4v) is 2.95.